The summed E-state index contributed by atoms with van der Waals surface area (Å²) in [6.45, 7) is 0. The summed E-state index contributed by atoms with van der Waals surface area (Å²) in [6.07, 6.45) is 1.31. The highest BCUT2D eigenvalue weighted by atomic mass is 35.5. The number of anilines is 1. The second-order valence-electron chi connectivity index (χ2n) is 3.13. The first-order valence-electron chi connectivity index (χ1n) is 4.79. The third kappa shape index (κ3) is 2.39. The number of aromatic nitrogens is 2. The molecule has 0 radical (unpaired) electrons. The summed E-state index contributed by atoms with van der Waals surface area (Å²) < 4.78 is 10.5. The fourth-order valence-corrected chi connectivity index (χ4v) is 1.41. The second kappa shape index (κ2) is 4.88. The molecule has 0 saturated carbocycles. The highest BCUT2D eigenvalue weighted by molar-refractivity contribution is 6.32. The summed E-state index contributed by atoms with van der Waals surface area (Å²) in [4.78, 5) is 7.78. The van der Waals surface area contributed by atoms with Crippen molar-refractivity contribution in [1.29, 1.82) is 0 Å². The highest BCUT2D eigenvalue weighted by Crippen LogP contribution is 2.33. The molecule has 2 aromatic rings. The van der Waals surface area contributed by atoms with E-state index >= 15 is 0 Å². The van der Waals surface area contributed by atoms with E-state index in [-0.39, 0.29) is 17.4 Å². The highest BCUT2D eigenvalue weighted by Gasteiger charge is 2.11. The standard InChI is InChI=1S/C11H10ClN3O2/c1-16-10-9(13)11(15-6-14-10)17-8-5-3-2-4-7(8)12/h2-6H,13H2,1H3. The van der Waals surface area contributed by atoms with Gasteiger partial charge in [-0.2, -0.15) is 9.97 Å². The normalized spacial score (nSPS) is 10.0. The van der Waals surface area contributed by atoms with Crippen molar-refractivity contribution in [3.8, 4) is 17.5 Å². The second-order valence-corrected chi connectivity index (χ2v) is 3.54. The van der Waals surface area contributed by atoms with E-state index in [4.69, 9.17) is 26.8 Å². The molecule has 0 fully saturated rings. The number of nitrogens with zero attached hydrogens (tertiary/aromatic N) is 2. The molecule has 0 bridgehead atoms. The number of rotatable bonds is 3. The van der Waals surface area contributed by atoms with Crippen molar-refractivity contribution in [2.75, 3.05) is 12.8 Å². The molecule has 0 unspecified atom stereocenters. The van der Waals surface area contributed by atoms with E-state index in [2.05, 4.69) is 9.97 Å². The molecule has 0 saturated heterocycles. The van der Waals surface area contributed by atoms with E-state index in [1.54, 1.807) is 24.3 Å². The van der Waals surface area contributed by atoms with Crippen molar-refractivity contribution >= 4 is 17.3 Å². The average Bonchev–Trinajstić information content (AvgIpc) is 2.34. The summed E-state index contributed by atoms with van der Waals surface area (Å²) in [6, 6.07) is 7.04. The van der Waals surface area contributed by atoms with Crippen LogP contribution in [0.1, 0.15) is 0 Å². The van der Waals surface area contributed by atoms with Crippen molar-refractivity contribution in [2.45, 2.75) is 0 Å². The van der Waals surface area contributed by atoms with Crippen LogP contribution in [-0.2, 0) is 0 Å². The van der Waals surface area contributed by atoms with E-state index in [1.807, 2.05) is 0 Å². The Morgan fingerprint density at radius 3 is 2.59 bits per heavy atom. The minimum absolute atomic E-state index is 0.213. The quantitative estimate of drug-likeness (QED) is 0.908. The van der Waals surface area contributed by atoms with Crippen molar-refractivity contribution in [2.24, 2.45) is 0 Å². The van der Waals surface area contributed by atoms with Gasteiger partial charge in [-0.3, -0.25) is 0 Å². The Labute approximate surface area is 103 Å². The Bertz CT molecular complexity index is 534. The average molecular weight is 252 g/mol. The van der Waals surface area contributed by atoms with Gasteiger partial charge in [0.05, 0.1) is 12.1 Å². The number of hydrogen-bond donors (Lipinski definition) is 1. The Balaban J connectivity index is 2.34. The van der Waals surface area contributed by atoms with Crippen LogP contribution in [0.5, 0.6) is 17.5 Å². The van der Waals surface area contributed by atoms with Crippen LogP contribution in [0.3, 0.4) is 0 Å². The topological polar surface area (TPSA) is 70.3 Å². The maximum Gasteiger partial charge on any atom is 0.249 e. The molecule has 17 heavy (non-hydrogen) atoms. The van der Waals surface area contributed by atoms with Gasteiger partial charge in [0.15, 0.2) is 5.69 Å². The van der Waals surface area contributed by atoms with Crippen LogP contribution in [-0.4, -0.2) is 17.1 Å². The largest absolute Gasteiger partial charge is 0.479 e. The zero-order valence-electron chi connectivity index (χ0n) is 9.05. The molecule has 5 nitrogen and oxygen atoms in total. The molecule has 0 amide bonds. The van der Waals surface area contributed by atoms with E-state index < -0.39 is 0 Å². The first-order valence-corrected chi connectivity index (χ1v) is 5.17. The Morgan fingerprint density at radius 2 is 1.88 bits per heavy atom. The maximum atomic E-state index is 5.96. The van der Waals surface area contributed by atoms with Gasteiger partial charge < -0.3 is 15.2 Å². The number of ether oxygens (including phenoxy) is 2. The zero-order chi connectivity index (χ0) is 12.3. The SMILES string of the molecule is COc1ncnc(Oc2ccccc2Cl)c1N. The monoisotopic (exact) mass is 251 g/mol. The lowest BCUT2D eigenvalue weighted by Crippen LogP contribution is -2.00. The molecule has 0 aliphatic rings. The first kappa shape index (κ1) is 11.5. The lowest BCUT2D eigenvalue weighted by atomic mass is 10.3. The van der Waals surface area contributed by atoms with Gasteiger partial charge >= 0.3 is 0 Å². The van der Waals surface area contributed by atoms with Crippen LogP contribution in [0.25, 0.3) is 0 Å². The Kier molecular flexibility index (Phi) is 3.30. The van der Waals surface area contributed by atoms with Gasteiger partial charge in [-0.05, 0) is 12.1 Å². The number of methoxy groups -OCH3 is 1. The molecule has 88 valence electrons. The number of nitrogen functional groups attached to an aromatic ring is 1. The number of halogens is 1. The van der Waals surface area contributed by atoms with Crippen molar-refractivity contribution in [1.82, 2.24) is 9.97 Å². The molecule has 0 atom stereocenters. The predicted molar refractivity (Wildman–Crippen MR) is 64.5 cm³/mol. The summed E-state index contributed by atoms with van der Waals surface area (Å²) >= 11 is 5.96. The molecule has 0 aliphatic heterocycles. The van der Waals surface area contributed by atoms with Gasteiger partial charge in [-0.25, -0.2) is 0 Å². The molecule has 1 aromatic heterocycles. The third-order valence-electron chi connectivity index (χ3n) is 2.05. The van der Waals surface area contributed by atoms with E-state index in [0.29, 0.717) is 10.8 Å². The summed E-state index contributed by atoms with van der Waals surface area (Å²) in [7, 11) is 1.47. The summed E-state index contributed by atoms with van der Waals surface area (Å²) in [5.41, 5.74) is 6.01. The van der Waals surface area contributed by atoms with Gasteiger partial charge in [0.1, 0.15) is 12.1 Å². The Hall–Kier alpha value is -2.01. The lowest BCUT2D eigenvalue weighted by molar-refractivity contribution is 0.391. The molecule has 6 heteroatoms. The van der Waals surface area contributed by atoms with E-state index in [0.717, 1.165) is 0 Å². The lowest BCUT2D eigenvalue weighted by Gasteiger charge is -2.09. The minimum Gasteiger partial charge on any atom is -0.479 e. The van der Waals surface area contributed by atoms with Gasteiger partial charge in [0.25, 0.3) is 0 Å². The smallest absolute Gasteiger partial charge is 0.249 e. The van der Waals surface area contributed by atoms with E-state index in [9.17, 15) is 0 Å². The fourth-order valence-electron chi connectivity index (χ4n) is 1.24. The summed E-state index contributed by atoms with van der Waals surface area (Å²) in [5, 5.41) is 0.476. The third-order valence-corrected chi connectivity index (χ3v) is 2.36. The predicted octanol–water partition coefficient (Wildman–Crippen LogP) is 2.51. The molecule has 1 aromatic carbocycles. The molecule has 1 heterocycles. The van der Waals surface area contributed by atoms with Crippen LogP contribution < -0.4 is 15.2 Å². The zero-order valence-corrected chi connectivity index (χ0v) is 9.81. The minimum atomic E-state index is 0.213. The first-order chi connectivity index (χ1) is 8.22. The van der Waals surface area contributed by atoms with Gasteiger partial charge in [-0.1, -0.05) is 23.7 Å². The number of hydrogen-bond acceptors (Lipinski definition) is 5. The van der Waals surface area contributed by atoms with Crippen molar-refractivity contribution in [3.63, 3.8) is 0 Å². The van der Waals surface area contributed by atoms with Gasteiger partial charge in [-0.15, -0.1) is 0 Å². The van der Waals surface area contributed by atoms with Gasteiger partial charge in [0.2, 0.25) is 11.8 Å². The van der Waals surface area contributed by atoms with Crippen LogP contribution in [0.2, 0.25) is 5.02 Å². The number of nitrogens with two attached hydrogens (primary N) is 1. The van der Waals surface area contributed by atoms with E-state index in [1.165, 1.54) is 13.4 Å². The molecule has 0 aliphatic carbocycles. The molecular weight excluding hydrogens is 242 g/mol. The molecule has 2 N–H and O–H groups in total. The van der Waals surface area contributed by atoms with Crippen LogP contribution in [0, 0.1) is 0 Å². The summed E-state index contributed by atoms with van der Waals surface area (Å²) in [5.74, 6) is 0.952. The van der Waals surface area contributed by atoms with Crippen LogP contribution >= 0.6 is 11.6 Å². The van der Waals surface area contributed by atoms with Crippen LogP contribution in [0.15, 0.2) is 30.6 Å². The fraction of sp³-hybridized carbons (Fsp3) is 0.0909. The van der Waals surface area contributed by atoms with Crippen molar-refractivity contribution in [3.05, 3.63) is 35.6 Å². The van der Waals surface area contributed by atoms with Gasteiger partial charge in [0, 0.05) is 0 Å². The van der Waals surface area contributed by atoms with Crippen LogP contribution in [0.4, 0.5) is 5.69 Å². The molecule has 2 rings (SSSR count). The molecule has 0 spiro atoms. The van der Waals surface area contributed by atoms with Crippen molar-refractivity contribution < 1.29 is 9.47 Å². The number of benzene rings is 1. The molecular formula is C11H10ClN3O2. The maximum absolute atomic E-state index is 5.96. The number of para-hydroxylation sites is 1. The Morgan fingerprint density at radius 1 is 1.18 bits per heavy atom.